The van der Waals surface area contributed by atoms with Crippen LogP contribution in [0.3, 0.4) is 0 Å². The minimum absolute atomic E-state index is 0.0167. The first-order valence-corrected chi connectivity index (χ1v) is 6.42. The molecule has 0 saturated carbocycles. The molecule has 1 aliphatic rings. The lowest BCUT2D eigenvalue weighted by Gasteiger charge is -2.34. The number of nitrogens with one attached hydrogen (secondary N) is 1. The molecule has 3 unspecified atom stereocenters. The minimum atomic E-state index is -2.83. The quantitative estimate of drug-likeness (QED) is 0.778. The van der Waals surface area contributed by atoms with E-state index in [1.165, 1.54) is 22.8 Å². The maximum absolute atomic E-state index is 12.4. The molecule has 0 spiro atoms. The molecular weight excluding hydrogens is 286 g/mol. The van der Waals surface area contributed by atoms with Crippen molar-refractivity contribution in [3.05, 3.63) is 23.9 Å². The summed E-state index contributed by atoms with van der Waals surface area (Å²) in [6.45, 7) is -2.83. The summed E-state index contributed by atoms with van der Waals surface area (Å²) >= 11 is 0. The van der Waals surface area contributed by atoms with Crippen molar-refractivity contribution in [1.29, 1.82) is 0 Å². The summed E-state index contributed by atoms with van der Waals surface area (Å²) in [7, 11) is 1.99. The number of methoxy groups -OCH3 is 2. The Morgan fingerprint density at radius 2 is 2.50 bits per heavy atom. The van der Waals surface area contributed by atoms with E-state index in [-0.39, 0.29) is 22.5 Å². The van der Waals surface area contributed by atoms with Gasteiger partial charge in [-0.1, -0.05) is 0 Å². The molecule has 1 saturated heterocycles. The van der Waals surface area contributed by atoms with Crippen LogP contribution in [0, 0.1) is 5.89 Å². The van der Waals surface area contributed by atoms with Gasteiger partial charge in [0, 0.05) is 25.3 Å². The molecule has 2 aromatic heterocycles. The van der Waals surface area contributed by atoms with E-state index in [2.05, 4.69) is 14.8 Å². The van der Waals surface area contributed by atoms with Crippen LogP contribution in [0.1, 0.15) is 24.7 Å². The molecule has 8 nitrogen and oxygen atoms in total. The number of hydrogen-bond donors (Lipinski definition) is 2. The fraction of sp³-hybridized carbons (Fsp3) is 0.500. The van der Waals surface area contributed by atoms with Crippen molar-refractivity contribution in [3.63, 3.8) is 0 Å². The molecule has 3 heterocycles. The molecule has 22 heavy (non-hydrogen) atoms. The first-order valence-electron chi connectivity index (χ1n) is 9.37. The highest BCUT2D eigenvalue weighted by molar-refractivity contribution is 5.73. The van der Waals surface area contributed by atoms with Gasteiger partial charge in [0.15, 0.2) is 5.65 Å². The van der Waals surface area contributed by atoms with Gasteiger partial charge in [-0.15, -0.1) is 5.10 Å². The Labute approximate surface area is 136 Å². The number of hydrogen-bond acceptors (Lipinski definition) is 7. The Bertz CT molecular complexity index is 943. The number of nitrogens with zero attached hydrogens (tertiary/aromatic N) is 3. The average Bonchev–Trinajstić information content (AvgIpc) is 3.03. The second kappa shape index (κ2) is 5.90. The maximum Gasteiger partial charge on any atom is 0.312 e. The van der Waals surface area contributed by atoms with Crippen LogP contribution in [-0.2, 0) is 14.3 Å². The number of carbonyl (C=O) groups is 1. The van der Waals surface area contributed by atoms with Crippen LogP contribution in [0.5, 0.6) is 0 Å². The van der Waals surface area contributed by atoms with Gasteiger partial charge in [-0.25, -0.2) is 4.52 Å². The number of fused-ring (bicyclic) bond motifs is 1. The zero-order chi connectivity index (χ0) is 21.1. The van der Waals surface area contributed by atoms with Crippen LogP contribution in [0.4, 0.5) is 5.95 Å². The fourth-order valence-electron chi connectivity index (χ4n) is 2.18. The lowest BCUT2D eigenvalue weighted by molar-refractivity contribution is -0.153. The van der Waals surface area contributed by atoms with Gasteiger partial charge in [0.05, 0.1) is 14.4 Å². The van der Waals surface area contributed by atoms with E-state index in [1.54, 1.807) is 0 Å². The van der Waals surface area contributed by atoms with Crippen molar-refractivity contribution in [2.75, 3.05) is 26.5 Å². The molecule has 2 aromatic rings. The molecule has 1 fully saturated rings. The SMILES string of the molecule is [2H]N1C([2H])([2H])C([2H])(c2ccn3nc(N)nc3c2)CC([2H])(C(=O)OC)C1([2H])OC. The van der Waals surface area contributed by atoms with Crippen LogP contribution in [-0.4, -0.2) is 47.5 Å². The van der Waals surface area contributed by atoms with Gasteiger partial charge >= 0.3 is 5.97 Å². The van der Waals surface area contributed by atoms with E-state index in [1.807, 2.05) is 0 Å². The normalized spacial score (nSPS) is 42.5. The van der Waals surface area contributed by atoms with E-state index in [9.17, 15) is 4.79 Å². The summed E-state index contributed by atoms with van der Waals surface area (Å²) in [6.07, 6.45) is -2.17. The van der Waals surface area contributed by atoms with Crippen molar-refractivity contribution in [2.45, 2.75) is 18.5 Å². The summed E-state index contributed by atoms with van der Waals surface area (Å²) in [6, 6.07) is 2.70. The zero-order valence-corrected chi connectivity index (χ0v) is 12.0. The number of carbonyl (C=O) groups excluding carboxylic acids is 1. The number of aromatic nitrogens is 3. The number of nitrogens with two attached hydrogens (primary N) is 1. The van der Waals surface area contributed by atoms with Gasteiger partial charge < -0.3 is 15.2 Å². The van der Waals surface area contributed by atoms with Crippen LogP contribution in [0.2, 0.25) is 1.41 Å². The largest absolute Gasteiger partial charge is 0.469 e. The Balaban J connectivity index is 2.24. The fourth-order valence-corrected chi connectivity index (χ4v) is 2.18. The standard InChI is InChI=1S/C14H19N5O3/c1-21-12-10(13(20)22-2)5-9(7-16-12)8-3-4-19-11(6-8)17-14(15)18-19/h3-4,6,9-10,12,16H,5,7H2,1-2H3,(H2,15,18)/i7D2,9D,10D,12D/hD. The number of anilines is 1. The highest BCUT2D eigenvalue weighted by Gasteiger charge is 2.36. The van der Waals surface area contributed by atoms with Gasteiger partial charge in [-0.3, -0.25) is 10.1 Å². The molecule has 0 bridgehead atoms. The second-order valence-electron chi connectivity index (χ2n) is 4.55. The molecule has 0 aliphatic carbocycles. The van der Waals surface area contributed by atoms with Crippen molar-refractivity contribution >= 4 is 17.6 Å². The van der Waals surface area contributed by atoms with Gasteiger partial charge in [0.1, 0.15) is 7.62 Å². The van der Waals surface area contributed by atoms with Crippen LogP contribution >= 0.6 is 0 Å². The third-order valence-corrected chi connectivity index (χ3v) is 3.23. The Morgan fingerprint density at radius 3 is 3.23 bits per heavy atom. The van der Waals surface area contributed by atoms with E-state index in [0.29, 0.717) is 0 Å². The number of nitrogen functional groups attached to an aromatic ring is 1. The predicted octanol–water partition coefficient (Wildman–Crippen LogP) is 0.150. The zero-order valence-electron chi connectivity index (χ0n) is 18.0. The first-order chi connectivity index (χ1) is 12.9. The Morgan fingerprint density at radius 1 is 1.68 bits per heavy atom. The first kappa shape index (κ1) is 9.06. The smallest absolute Gasteiger partial charge is 0.312 e. The Hall–Kier alpha value is -2.19. The lowest BCUT2D eigenvalue weighted by Crippen LogP contribution is -2.49. The molecule has 118 valence electrons. The molecule has 3 N–H and O–H groups in total. The van der Waals surface area contributed by atoms with Gasteiger partial charge in [-0.05, 0) is 30.0 Å². The number of esters is 1. The average molecular weight is 311 g/mol. The van der Waals surface area contributed by atoms with Crippen LogP contribution in [0.15, 0.2) is 18.3 Å². The number of rotatable bonds is 3. The van der Waals surface area contributed by atoms with E-state index in [4.69, 9.17) is 18.7 Å². The third kappa shape index (κ3) is 2.62. The molecule has 0 amide bonds. The molecular formula is C14H19N5O3. The third-order valence-electron chi connectivity index (χ3n) is 3.23. The van der Waals surface area contributed by atoms with Gasteiger partial charge in [0.2, 0.25) is 5.95 Å². The number of ether oxygens (including phenoxy) is 2. The predicted molar refractivity (Wildman–Crippen MR) is 79.1 cm³/mol. The minimum Gasteiger partial charge on any atom is -0.469 e. The maximum atomic E-state index is 12.4. The van der Waals surface area contributed by atoms with E-state index < -0.39 is 36.9 Å². The second-order valence-corrected chi connectivity index (χ2v) is 4.55. The van der Waals surface area contributed by atoms with Crippen molar-refractivity contribution in [2.24, 2.45) is 5.89 Å². The summed E-state index contributed by atoms with van der Waals surface area (Å²) in [5.41, 5.74) is 5.79. The molecule has 8 heteroatoms. The van der Waals surface area contributed by atoms with Crippen LogP contribution in [0.25, 0.3) is 5.65 Å². The Kier molecular flexibility index (Phi) is 2.43. The molecule has 3 atom stereocenters. The van der Waals surface area contributed by atoms with Gasteiger partial charge in [0.25, 0.3) is 0 Å². The summed E-state index contributed by atoms with van der Waals surface area (Å²) in [4.78, 5) is 16.3. The highest BCUT2D eigenvalue weighted by atomic mass is 16.5. The number of pyridine rings is 1. The topological polar surface area (TPSA) is 104 Å². The molecule has 0 aromatic carbocycles. The number of piperidine rings is 1. The molecule has 0 radical (unpaired) electrons. The highest BCUT2D eigenvalue weighted by Crippen LogP contribution is 2.30. The summed E-state index contributed by atoms with van der Waals surface area (Å²) in [5, 5.41) is 3.92. The summed E-state index contributed by atoms with van der Waals surface area (Å²) < 4.78 is 61.6. The summed E-state index contributed by atoms with van der Waals surface area (Å²) in [5.74, 6) is -6.17. The molecule has 1 aliphatic heterocycles. The van der Waals surface area contributed by atoms with Crippen molar-refractivity contribution < 1.29 is 22.5 Å². The van der Waals surface area contributed by atoms with Crippen molar-refractivity contribution in [1.82, 2.24) is 19.9 Å². The monoisotopic (exact) mass is 311 g/mol. The van der Waals surface area contributed by atoms with E-state index in [0.717, 1.165) is 14.2 Å². The van der Waals surface area contributed by atoms with E-state index >= 15 is 0 Å². The van der Waals surface area contributed by atoms with Crippen molar-refractivity contribution in [3.8, 4) is 0 Å². The van der Waals surface area contributed by atoms with Gasteiger partial charge in [-0.2, -0.15) is 4.98 Å². The van der Waals surface area contributed by atoms with Crippen LogP contribution < -0.4 is 11.0 Å². The molecule has 3 rings (SSSR count). The lowest BCUT2D eigenvalue weighted by atomic mass is 9.85.